The van der Waals surface area contributed by atoms with Gasteiger partial charge in [-0.2, -0.15) is 0 Å². The van der Waals surface area contributed by atoms with Gasteiger partial charge >= 0.3 is 11.9 Å². The lowest BCUT2D eigenvalue weighted by molar-refractivity contribution is 0.0313. The Morgan fingerprint density at radius 2 is 1.64 bits per heavy atom. The van der Waals surface area contributed by atoms with Crippen molar-refractivity contribution in [1.82, 2.24) is 4.98 Å². The SMILES string of the molecule is CCOC(=O)c1c(C)[nH]c(C(=O)O[C@@H](C)C(=O)c2ccc(OCC)cc2)c1C. The maximum atomic E-state index is 12.5. The average Bonchev–Trinajstić information content (AvgIpc) is 2.96. The largest absolute Gasteiger partial charge is 0.494 e. The molecule has 1 N–H and O–H groups in total. The second kappa shape index (κ2) is 9.21. The first kappa shape index (κ1) is 21.2. The first-order chi connectivity index (χ1) is 13.3. The molecule has 1 aromatic carbocycles. The van der Waals surface area contributed by atoms with Crippen molar-refractivity contribution in [3.05, 3.63) is 52.3 Å². The fourth-order valence-corrected chi connectivity index (χ4v) is 2.85. The van der Waals surface area contributed by atoms with Crippen molar-refractivity contribution in [2.45, 2.75) is 40.7 Å². The van der Waals surface area contributed by atoms with E-state index in [0.29, 0.717) is 34.7 Å². The van der Waals surface area contributed by atoms with Crippen molar-refractivity contribution < 1.29 is 28.6 Å². The molecule has 0 spiro atoms. The molecular formula is C21H25NO6. The molecule has 0 radical (unpaired) electrons. The standard InChI is InChI=1S/C21H25NO6/c1-6-26-16-10-8-15(9-11-16)19(23)14(5)28-21(25)18-12(3)17(13(4)22-18)20(24)27-7-2/h8-11,14,22H,6-7H2,1-5H3/t14-/m0/s1. The van der Waals surface area contributed by atoms with E-state index in [1.807, 2.05) is 6.92 Å². The molecule has 2 rings (SSSR count). The minimum Gasteiger partial charge on any atom is -0.494 e. The van der Waals surface area contributed by atoms with Gasteiger partial charge in [-0.05, 0) is 64.4 Å². The molecule has 28 heavy (non-hydrogen) atoms. The van der Waals surface area contributed by atoms with Crippen LogP contribution < -0.4 is 4.74 Å². The summed E-state index contributed by atoms with van der Waals surface area (Å²) in [5.41, 5.74) is 1.79. The molecule has 0 aliphatic carbocycles. The second-order valence-electron chi connectivity index (χ2n) is 6.21. The topological polar surface area (TPSA) is 94.7 Å². The molecule has 0 aliphatic rings. The second-order valence-corrected chi connectivity index (χ2v) is 6.21. The monoisotopic (exact) mass is 387 g/mol. The Bertz CT molecular complexity index is 866. The number of carbonyl (C=O) groups excluding carboxylic acids is 3. The Hall–Kier alpha value is -3.09. The lowest BCUT2D eigenvalue weighted by atomic mass is 10.1. The number of ether oxygens (including phenoxy) is 3. The normalized spacial score (nSPS) is 11.6. The maximum absolute atomic E-state index is 12.5. The molecule has 0 fully saturated rings. The highest BCUT2D eigenvalue weighted by Crippen LogP contribution is 2.21. The number of hydrogen-bond donors (Lipinski definition) is 1. The van der Waals surface area contributed by atoms with Crippen LogP contribution in [0.5, 0.6) is 5.75 Å². The number of benzene rings is 1. The van der Waals surface area contributed by atoms with Crippen molar-refractivity contribution >= 4 is 17.7 Å². The van der Waals surface area contributed by atoms with Crippen LogP contribution in [0.15, 0.2) is 24.3 Å². The van der Waals surface area contributed by atoms with Crippen LogP contribution in [0, 0.1) is 13.8 Å². The summed E-state index contributed by atoms with van der Waals surface area (Å²) in [6, 6.07) is 6.63. The molecule has 2 aromatic rings. The number of esters is 2. The summed E-state index contributed by atoms with van der Waals surface area (Å²) in [7, 11) is 0. The third-order valence-corrected chi connectivity index (χ3v) is 4.22. The zero-order valence-corrected chi connectivity index (χ0v) is 16.8. The van der Waals surface area contributed by atoms with Gasteiger partial charge in [0.1, 0.15) is 11.4 Å². The maximum Gasteiger partial charge on any atom is 0.355 e. The third-order valence-electron chi connectivity index (χ3n) is 4.22. The molecule has 150 valence electrons. The molecule has 0 saturated carbocycles. The lowest BCUT2D eigenvalue weighted by Crippen LogP contribution is -2.25. The molecule has 1 aromatic heterocycles. The summed E-state index contributed by atoms with van der Waals surface area (Å²) in [5, 5.41) is 0. The summed E-state index contributed by atoms with van der Waals surface area (Å²) in [5.74, 6) is -0.884. The van der Waals surface area contributed by atoms with E-state index in [-0.39, 0.29) is 18.1 Å². The van der Waals surface area contributed by atoms with Gasteiger partial charge in [-0.1, -0.05) is 0 Å². The number of hydrogen-bond acceptors (Lipinski definition) is 6. The number of rotatable bonds is 8. The number of H-pyrrole nitrogens is 1. The molecule has 1 heterocycles. The summed E-state index contributed by atoms with van der Waals surface area (Å²) in [6.45, 7) is 9.15. The zero-order chi connectivity index (χ0) is 20.8. The Balaban J connectivity index is 2.12. The van der Waals surface area contributed by atoms with Crippen LogP contribution in [0.25, 0.3) is 0 Å². The van der Waals surface area contributed by atoms with Crippen LogP contribution in [-0.4, -0.2) is 42.0 Å². The average molecular weight is 387 g/mol. The van der Waals surface area contributed by atoms with Crippen molar-refractivity contribution in [3.63, 3.8) is 0 Å². The summed E-state index contributed by atoms with van der Waals surface area (Å²) < 4.78 is 15.7. The molecule has 7 heteroatoms. The van der Waals surface area contributed by atoms with Gasteiger partial charge < -0.3 is 19.2 Å². The van der Waals surface area contributed by atoms with E-state index >= 15 is 0 Å². The van der Waals surface area contributed by atoms with Crippen LogP contribution in [0.1, 0.15) is 63.2 Å². The number of aromatic nitrogens is 1. The molecule has 0 bridgehead atoms. The highest BCUT2D eigenvalue weighted by molar-refractivity contribution is 6.02. The van der Waals surface area contributed by atoms with Gasteiger partial charge in [0.15, 0.2) is 6.10 Å². The fraction of sp³-hybridized carbons (Fsp3) is 0.381. The number of Topliss-reactive ketones (excluding diaryl/α,β-unsaturated/α-hetero) is 1. The van der Waals surface area contributed by atoms with E-state index in [4.69, 9.17) is 14.2 Å². The Morgan fingerprint density at radius 3 is 2.21 bits per heavy atom. The molecule has 0 aliphatic heterocycles. The number of ketones is 1. The predicted octanol–water partition coefficient (Wildman–Crippen LogP) is 3.64. The van der Waals surface area contributed by atoms with Crippen molar-refractivity contribution in [2.75, 3.05) is 13.2 Å². The minimum atomic E-state index is -0.987. The molecule has 1 atom stereocenters. The first-order valence-corrected chi connectivity index (χ1v) is 9.14. The summed E-state index contributed by atoms with van der Waals surface area (Å²) in [6.07, 6.45) is -0.987. The van der Waals surface area contributed by atoms with Crippen LogP contribution in [0.4, 0.5) is 0 Å². The number of aromatic amines is 1. The minimum absolute atomic E-state index is 0.131. The van der Waals surface area contributed by atoms with Crippen LogP contribution in [0.2, 0.25) is 0 Å². The quantitative estimate of drug-likeness (QED) is 0.549. The van der Waals surface area contributed by atoms with Gasteiger partial charge in [0, 0.05) is 11.3 Å². The number of carbonyl (C=O) groups is 3. The van der Waals surface area contributed by atoms with Crippen molar-refractivity contribution in [2.24, 2.45) is 0 Å². The first-order valence-electron chi connectivity index (χ1n) is 9.14. The highest BCUT2D eigenvalue weighted by Gasteiger charge is 2.26. The fourth-order valence-electron chi connectivity index (χ4n) is 2.85. The van der Waals surface area contributed by atoms with Gasteiger partial charge in [0.25, 0.3) is 0 Å². The molecular weight excluding hydrogens is 362 g/mol. The Kier molecular flexibility index (Phi) is 6.98. The van der Waals surface area contributed by atoms with Crippen molar-refractivity contribution in [3.8, 4) is 5.75 Å². The summed E-state index contributed by atoms with van der Waals surface area (Å²) >= 11 is 0. The van der Waals surface area contributed by atoms with Crippen LogP contribution >= 0.6 is 0 Å². The predicted molar refractivity (Wildman–Crippen MR) is 103 cm³/mol. The third kappa shape index (κ3) is 4.60. The van der Waals surface area contributed by atoms with Gasteiger partial charge in [-0.25, -0.2) is 9.59 Å². The van der Waals surface area contributed by atoms with E-state index in [9.17, 15) is 14.4 Å². The smallest absolute Gasteiger partial charge is 0.355 e. The zero-order valence-electron chi connectivity index (χ0n) is 16.8. The van der Waals surface area contributed by atoms with E-state index in [1.54, 1.807) is 45.0 Å². The van der Waals surface area contributed by atoms with Gasteiger partial charge in [0.05, 0.1) is 18.8 Å². The van der Waals surface area contributed by atoms with Crippen molar-refractivity contribution in [1.29, 1.82) is 0 Å². The van der Waals surface area contributed by atoms with Crippen LogP contribution in [-0.2, 0) is 9.47 Å². The van der Waals surface area contributed by atoms with E-state index in [1.165, 1.54) is 6.92 Å². The highest BCUT2D eigenvalue weighted by atomic mass is 16.5. The van der Waals surface area contributed by atoms with Crippen LogP contribution in [0.3, 0.4) is 0 Å². The Morgan fingerprint density at radius 1 is 1.00 bits per heavy atom. The summed E-state index contributed by atoms with van der Waals surface area (Å²) in [4.78, 5) is 40.0. The lowest BCUT2D eigenvalue weighted by Gasteiger charge is -2.13. The molecule has 0 saturated heterocycles. The van der Waals surface area contributed by atoms with E-state index < -0.39 is 18.0 Å². The molecule has 7 nitrogen and oxygen atoms in total. The van der Waals surface area contributed by atoms with E-state index in [2.05, 4.69) is 4.98 Å². The van der Waals surface area contributed by atoms with Gasteiger partial charge in [0.2, 0.25) is 5.78 Å². The number of nitrogens with one attached hydrogen (secondary N) is 1. The molecule has 0 amide bonds. The van der Waals surface area contributed by atoms with E-state index in [0.717, 1.165) is 0 Å². The number of aryl methyl sites for hydroxylation is 1. The molecule has 0 unspecified atom stereocenters. The van der Waals surface area contributed by atoms with Gasteiger partial charge in [-0.15, -0.1) is 0 Å². The van der Waals surface area contributed by atoms with Gasteiger partial charge in [-0.3, -0.25) is 4.79 Å². The Labute approximate surface area is 164 Å².